The van der Waals surface area contributed by atoms with Crippen LogP contribution in [0.25, 0.3) is 0 Å². The predicted molar refractivity (Wildman–Crippen MR) is 164 cm³/mol. The number of amides is 7. The summed E-state index contributed by atoms with van der Waals surface area (Å²) in [4.78, 5) is 65.9. The fraction of sp³-hybridized carbons (Fsp3) is 0.214. The van der Waals surface area contributed by atoms with Gasteiger partial charge < -0.3 is 19.9 Å². The zero-order valence-electron chi connectivity index (χ0n) is 24.2. The molecule has 0 bridgehead atoms. The van der Waals surface area contributed by atoms with Crippen LogP contribution in [0.15, 0.2) is 71.3 Å². The Kier molecular flexibility index (Phi) is 9.75. The molecule has 0 saturated carbocycles. The first kappa shape index (κ1) is 32.9. The molecule has 2 aliphatic heterocycles. The molecule has 7 amide bonds. The van der Waals surface area contributed by atoms with Gasteiger partial charge in [-0.15, -0.1) is 0 Å². The molecule has 2 saturated heterocycles. The number of carbonyl (C=O) groups is 5. The van der Waals surface area contributed by atoms with Gasteiger partial charge in [-0.2, -0.15) is 8.42 Å². The summed E-state index contributed by atoms with van der Waals surface area (Å²) < 4.78 is 39.5. The Morgan fingerprint density at radius 1 is 0.957 bits per heavy atom. The number of pyridine rings is 1. The van der Waals surface area contributed by atoms with Crippen LogP contribution in [-0.2, 0) is 28.2 Å². The molecule has 2 aliphatic rings. The Morgan fingerprint density at radius 2 is 1.57 bits per heavy atom. The van der Waals surface area contributed by atoms with Crippen LogP contribution >= 0.6 is 15.9 Å². The molecule has 47 heavy (non-hydrogen) atoms. The summed E-state index contributed by atoms with van der Waals surface area (Å²) in [6, 6.07) is 14.8. The van der Waals surface area contributed by atoms with Crippen LogP contribution < -0.4 is 24.9 Å². The first-order valence-electron chi connectivity index (χ1n) is 13.7. The molecule has 4 N–H and O–H groups in total. The molecule has 2 fully saturated rings. The lowest BCUT2D eigenvalue weighted by atomic mass is 10.1. The molecule has 19 heteroatoms. The number of carbonyl (C=O) groups excluding carboxylic acids is 4. The zero-order chi connectivity index (χ0) is 33.7. The molecule has 17 nitrogen and oxygen atoms in total. The molecule has 0 aliphatic carbocycles. The Bertz CT molecular complexity index is 1810. The first-order valence-corrected chi connectivity index (χ1v) is 16.0. The number of hydrogen-bond acceptors (Lipinski definition) is 10. The number of β-lactam (4-membered cyclic amide) rings is 1. The van der Waals surface area contributed by atoms with Crippen molar-refractivity contribution in [2.24, 2.45) is 0 Å². The lowest BCUT2D eigenvalue weighted by Gasteiger charge is -2.36. The second-order valence-electron chi connectivity index (χ2n) is 9.97. The molecule has 2 aromatic carbocycles. The van der Waals surface area contributed by atoms with Gasteiger partial charge in [-0.3, -0.25) is 19.9 Å². The minimum Gasteiger partial charge on any atom is -0.484 e. The van der Waals surface area contributed by atoms with E-state index in [1.165, 1.54) is 6.20 Å². The SMILES string of the molecule is O=C(O)N[C@H]1CN(C(=O)NS(=O)(=O)N2CCN(NC(=O)c3ncc(OCc4ccccc4)c(OCc4ccccc4)c3Br)C2=O)C1=O. The molecule has 0 radical (unpaired) electrons. The number of benzene rings is 2. The topological polar surface area (TPSA) is 217 Å². The Morgan fingerprint density at radius 3 is 2.17 bits per heavy atom. The maximum Gasteiger partial charge on any atom is 0.405 e. The van der Waals surface area contributed by atoms with Crippen molar-refractivity contribution in [1.82, 2.24) is 34.7 Å². The van der Waals surface area contributed by atoms with Crippen molar-refractivity contribution in [2.75, 3.05) is 19.6 Å². The Balaban J connectivity index is 1.26. The van der Waals surface area contributed by atoms with E-state index in [1.54, 1.807) is 4.72 Å². The van der Waals surface area contributed by atoms with Crippen molar-refractivity contribution in [3.8, 4) is 11.5 Å². The summed E-state index contributed by atoms with van der Waals surface area (Å²) in [6.45, 7) is -0.852. The van der Waals surface area contributed by atoms with E-state index < -0.39 is 59.3 Å². The highest BCUT2D eigenvalue weighted by Crippen LogP contribution is 2.38. The smallest absolute Gasteiger partial charge is 0.405 e. The number of halogens is 1. The van der Waals surface area contributed by atoms with Crippen molar-refractivity contribution in [3.63, 3.8) is 0 Å². The number of hydrazine groups is 1. The predicted octanol–water partition coefficient (Wildman–Crippen LogP) is 1.82. The highest BCUT2D eigenvalue weighted by molar-refractivity contribution is 9.10. The highest BCUT2D eigenvalue weighted by Gasteiger charge is 2.45. The van der Waals surface area contributed by atoms with Crippen LogP contribution in [0.3, 0.4) is 0 Å². The minimum atomic E-state index is -4.81. The fourth-order valence-electron chi connectivity index (χ4n) is 4.42. The molecule has 0 spiro atoms. The van der Waals surface area contributed by atoms with Crippen LogP contribution in [0.4, 0.5) is 14.4 Å². The number of imide groups is 1. The molecule has 1 aromatic heterocycles. The summed E-state index contributed by atoms with van der Waals surface area (Å²) in [5, 5.41) is 11.3. The van der Waals surface area contributed by atoms with Crippen molar-refractivity contribution < 1.29 is 47.0 Å². The first-order chi connectivity index (χ1) is 22.4. The van der Waals surface area contributed by atoms with Gasteiger partial charge in [0.15, 0.2) is 11.5 Å². The maximum atomic E-state index is 13.3. The third-order valence-electron chi connectivity index (χ3n) is 6.81. The molecule has 3 heterocycles. The third kappa shape index (κ3) is 7.52. The average Bonchev–Trinajstić information content (AvgIpc) is 3.41. The molecule has 246 valence electrons. The summed E-state index contributed by atoms with van der Waals surface area (Å²) in [5.41, 5.74) is 3.81. The number of hydrogen-bond donors (Lipinski definition) is 4. The number of urea groups is 2. The number of nitrogens with one attached hydrogen (secondary N) is 3. The largest absolute Gasteiger partial charge is 0.484 e. The van der Waals surface area contributed by atoms with Gasteiger partial charge in [-0.05, 0) is 27.1 Å². The quantitative estimate of drug-likeness (QED) is 0.209. The van der Waals surface area contributed by atoms with Gasteiger partial charge in [0.1, 0.15) is 24.9 Å². The van der Waals surface area contributed by atoms with E-state index in [0.29, 0.717) is 14.2 Å². The van der Waals surface area contributed by atoms with Gasteiger partial charge in [0.25, 0.3) is 11.8 Å². The van der Waals surface area contributed by atoms with E-state index in [2.05, 4.69) is 26.3 Å². The van der Waals surface area contributed by atoms with E-state index >= 15 is 0 Å². The van der Waals surface area contributed by atoms with E-state index in [-0.39, 0.29) is 41.4 Å². The number of ether oxygens (including phenoxy) is 2. The van der Waals surface area contributed by atoms with Crippen molar-refractivity contribution in [1.29, 1.82) is 0 Å². The van der Waals surface area contributed by atoms with Gasteiger partial charge in [-0.1, -0.05) is 60.7 Å². The monoisotopic (exact) mass is 731 g/mol. The third-order valence-corrected chi connectivity index (χ3v) is 8.89. The maximum absolute atomic E-state index is 13.3. The van der Waals surface area contributed by atoms with Gasteiger partial charge >= 0.3 is 28.4 Å². The fourth-order valence-corrected chi connectivity index (χ4v) is 6.08. The molecule has 3 aromatic rings. The number of carboxylic acid groups (broad SMARTS) is 1. The average molecular weight is 733 g/mol. The van der Waals surface area contributed by atoms with Gasteiger partial charge in [0.05, 0.1) is 30.3 Å². The van der Waals surface area contributed by atoms with Crippen molar-refractivity contribution >= 4 is 56.1 Å². The lowest BCUT2D eigenvalue weighted by Crippen LogP contribution is -2.67. The van der Waals surface area contributed by atoms with Gasteiger partial charge in [0.2, 0.25) is 0 Å². The second kappa shape index (κ2) is 13.9. The Labute approximate surface area is 275 Å². The highest BCUT2D eigenvalue weighted by atomic mass is 79.9. The zero-order valence-corrected chi connectivity index (χ0v) is 26.6. The van der Waals surface area contributed by atoms with Crippen LogP contribution in [0.5, 0.6) is 11.5 Å². The van der Waals surface area contributed by atoms with E-state index in [0.717, 1.165) is 11.1 Å². The normalized spacial score (nSPS) is 15.9. The number of nitrogens with zero attached hydrogens (tertiary/aromatic N) is 4. The van der Waals surface area contributed by atoms with E-state index in [4.69, 9.17) is 14.6 Å². The molecule has 1 atom stereocenters. The Hall–Kier alpha value is -5.43. The van der Waals surface area contributed by atoms with E-state index in [9.17, 15) is 32.4 Å². The minimum absolute atomic E-state index is 0.106. The molecular formula is C28H26BrN7O10S. The summed E-state index contributed by atoms with van der Waals surface area (Å²) in [5.74, 6) is -1.48. The molecular weight excluding hydrogens is 706 g/mol. The standard InChI is InChI=1S/C28H26BrN7O10S/c29-21-22(30-13-20(45-15-17-7-3-1-4-8-17)23(21)46-16-18-9-5-2-6-10-18)24(37)32-35-11-12-36(28(35)42)47(43,44)33-26(39)34-14-19(25(34)38)31-27(40)41/h1-10,13,19,31H,11-12,14-16H2,(H,32,37)(H,33,39)(H,40,41)/t19-/m0/s1. The second-order valence-corrected chi connectivity index (χ2v) is 12.4. The van der Waals surface area contributed by atoms with Crippen LogP contribution in [-0.4, -0.2) is 88.4 Å². The summed E-state index contributed by atoms with van der Waals surface area (Å²) >= 11 is 3.36. The number of rotatable bonds is 11. The van der Waals surface area contributed by atoms with Gasteiger partial charge in [-0.25, -0.2) is 33.4 Å². The van der Waals surface area contributed by atoms with Gasteiger partial charge in [0, 0.05) is 0 Å². The summed E-state index contributed by atoms with van der Waals surface area (Å²) in [6.07, 6.45) is -0.208. The van der Waals surface area contributed by atoms with Crippen LogP contribution in [0.2, 0.25) is 0 Å². The number of aromatic nitrogens is 1. The van der Waals surface area contributed by atoms with Crippen molar-refractivity contribution in [2.45, 2.75) is 19.3 Å². The van der Waals surface area contributed by atoms with Crippen LogP contribution in [0.1, 0.15) is 21.6 Å². The van der Waals surface area contributed by atoms with Crippen LogP contribution in [0, 0.1) is 0 Å². The molecule has 5 rings (SSSR count). The number of likely N-dealkylation sites (tertiary alicyclic amines) is 1. The summed E-state index contributed by atoms with van der Waals surface area (Å²) in [7, 11) is -4.81. The van der Waals surface area contributed by atoms with Crippen molar-refractivity contribution in [3.05, 3.63) is 88.2 Å². The molecule has 0 unspecified atom stereocenters. The van der Waals surface area contributed by atoms with E-state index in [1.807, 2.05) is 66.0 Å². The lowest BCUT2D eigenvalue weighted by molar-refractivity contribution is -0.138.